The second-order valence-electron chi connectivity index (χ2n) is 9.50. The highest BCUT2D eigenvalue weighted by Crippen LogP contribution is 2.57. The average molecular weight is 473 g/mol. The second kappa shape index (κ2) is 7.57. The van der Waals surface area contributed by atoms with Crippen molar-refractivity contribution in [2.24, 2.45) is 0 Å². The minimum Gasteiger partial charge on any atom is -0.505 e. The second-order valence-corrected chi connectivity index (χ2v) is 9.50. The third-order valence-electron chi connectivity index (χ3n) is 6.57. The fourth-order valence-electron chi connectivity index (χ4n) is 5.02. The third kappa shape index (κ3) is 3.44. The summed E-state index contributed by atoms with van der Waals surface area (Å²) in [7, 11) is 0. The number of anilines is 1. The van der Waals surface area contributed by atoms with Crippen molar-refractivity contribution < 1.29 is 27.8 Å². The van der Waals surface area contributed by atoms with Gasteiger partial charge in [-0.1, -0.05) is 19.9 Å². The minimum atomic E-state index is -5.08. The van der Waals surface area contributed by atoms with Crippen molar-refractivity contribution in [3.05, 3.63) is 64.1 Å². The number of aliphatic hydroxyl groups is 1. The number of alkyl halides is 3. The van der Waals surface area contributed by atoms with Crippen molar-refractivity contribution >= 4 is 16.6 Å². The Hall–Kier alpha value is -3.38. The number of aromatic hydroxyl groups is 1. The molecule has 2 atom stereocenters. The van der Waals surface area contributed by atoms with Gasteiger partial charge in [-0.15, -0.1) is 0 Å². The van der Waals surface area contributed by atoms with Gasteiger partial charge in [-0.25, -0.2) is 4.39 Å². The number of nitriles is 1. The van der Waals surface area contributed by atoms with Crippen LogP contribution in [-0.4, -0.2) is 27.0 Å². The maximum Gasteiger partial charge on any atom is 0.419 e. The van der Waals surface area contributed by atoms with E-state index in [1.54, 1.807) is 44.2 Å². The van der Waals surface area contributed by atoms with Crippen molar-refractivity contribution in [3.8, 4) is 11.8 Å². The van der Waals surface area contributed by atoms with Gasteiger partial charge in [-0.3, -0.25) is 4.98 Å². The van der Waals surface area contributed by atoms with E-state index >= 15 is 0 Å². The molecule has 0 radical (unpaired) electrons. The average Bonchev–Trinajstić information content (AvgIpc) is 2.73. The van der Waals surface area contributed by atoms with Crippen LogP contribution in [0.15, 0.2) is 30.3 Å². The van der Waals surface area contributed by atoms with Crippen LogP contribution in [0, 0.1) is 31.0 Å². The normalized spacial score (nSPS) is 21.7. The molecule has 0 saturated heterocycles. The molecule has 9 heteroatoms. The smallest absolute Gasteiger partial charge is 0.419 e. The number of pyridine rings is 1. The van der Waals surface area contributed by atoms with Gasteiger partial charge in [0.25, 0.3) is 0 Å². The molecular formula is C25H23F4N3O2. The Bertz CT molecular complexity index is 1360. The fraction of sp³-hybridized carbons (Fsp3) is 0.360. The van der Waals surface area contributed by atoms with Gasteiger partial charge in [0.1, 0.15) is 6.07 Å². The first kappa shape index (κ1) is 23.8. The van der Waals surface area contributed by atoms with Crippen LogP contribution in [0.5, 0.6) is 5.75 Å². The van der Waals surface area contributed by atoms with Gasteiger partial charge in [0, 0.05) is 22.3 Å². The Morgan fingerprint density at radius 3 is 2.47 bits per heavy atom. The highest BCUT2D eigenvalue weighted by atomic mass is 19.4. The molecule has 0 aliphatic heterocycles. The molecule has 3 aromatic rings. The number of phenols is 1. The van der Waals surface area contributed by atoms with Crippen LogP contribution in [0.25, 0.3) is 10.9 Å². The van der Waals surface area contributed by atoms with Crippen LogP contribution in [-0.2, 0) is 5.41 Å². The van der Waals surface area contributed by atoms with Crippen LogP contribution in [0.3, 0.4) is 0 Å². The largest absolute Gasteiger partial charge is 0.505 e. The number of hydrogen-bond acceptors (Lipinski definition) is 5. The summed E-state index contributed by atoms with van der Waals surface area (Å²) in [5.74, 6) is -2.09. The summed E-state index contributed by atoms with van der Waals surface area (Å²) in [5, 5.41) is 34.5. The fourth-order valence-corrected chi connectivity index (χ4v) is 5.02. The number of rotatable bonds is 2. The highest BCUT2D eigenvalue weighted by molar-refractivity contribution is 5.93. The lowest BCUT2D eigenvalue weighted by molar-refractivity contribution is -0.276. The van der Waals surface area contributed by atoms with Crippen molar-refractivity contribution in [3.63, 3.8) is 0 Å². The molecule has 3 N–H and O–H groups in total. The van der Waals surface area contributed by atoms with E-state index in [0.717, 1.165) is 11.8 Å². The number of hydrogen-bond donors (Lipinski definition) is 3. The molecule has 0 amide bonds. The predicted molar refractivity (Wildman–Crippen MR) is 119 cm³/mol. The first-order chi connectivity index (χ1) is 15.7. The van der Waals surface area contributed by atoms with E-state index < -0.39 is 46.8 Å². The Morgan fingerprint density at radius 1 is 1.18 bits per heavy atom. The molecule has 4 rings (SSSR count). The van der Waals surface area contributed by atoms with Crippen molar-refractivity contribution in [2.45, 2.75) is 57.3 Å². The van der Waals surface area contributed by atoms with Gasteiger partial charge in [-0.2, -0.15) is 18.4 Å². The quantitative estimate of drug-likeness (QED) is 0.416. The molecule has 1 aliphatic rings. The summed E-state index contributed by atoms with van der Waals surface area (Å²) in [5.41, 5.74) is -3.46. The maximum atomic E-state index is 14.6. The zero-order chi connectivity index (χ0) is 25.2. The van der Waals surface area contributed by atoms with Gasteiger partial charge in [0.15, 0.2) is 17.2 Å². The molecule has 0 saturated carbocycles. The van der Waals surface area contributed by atoms with Crippen molar-refractivity contribution in [1.29, 1.82) is 5.26 Å². The number of fused-ring (bicyclic) bond motifs is 2. The van der Waals surface area contributed by atoms with E-state index in [-0.39, 0.29) is 11.1 Å². The van der Waals surface area contributed by atoms with Gasteiger partial charge in [-0.05, 0) is 61.1 Å². The third-order valence-corrected chi connectivity index (χ3v) is 6.57. The molecule has 1 aromatic heterocycles. The number of benzene rings is 2. The summed E-state index contributed by atoms with van der Waals surface area (Å²) in [6.07, 6.45) is -5.92. The molecule has 0 spiro atoms. The van der Waals surface area contributed by atoms with Crippen LogP contribution >= 0.6 is 0 Å². The van der Waals surface area contributed by atoms with Crippen LogP contribution in [0.2, 0.25) is 0 Å². The molecule has 0 fully saturated rings. The van der Waals surface area contributed by atoms with E-state index in [2.05, 4.69) is 10.3 Å². The van der Waals surface area contributed by atoms with Gasteiger partial charge >= 0.3 is 6.18 Å². The molecule has 0 bridgehead atoms. The minimum absolute atomic E-state index is 0.0812. The van der Waals surface area contributed by atoms with Crippen molar-refractivity contribution in [1.82, 2.24) is 4.98 Å². The van der Waals surface area contributed by atoms with Crippen LogP contribution in [0.1, 0.15) is 54.3 Å². The molecule has 1 heterocycles. The molecule has 1 aliphatic carbocycles. The van der Waals surface area contributed by atoms with Crippen LogP contribution < -0.4 is 5.32 Å². The zero-order valence-corrected chi connectivity index (χ0v) is 19.0. The number of aryl methyl sites for hydroxylation is 2. The molecule has 178 valence electrons. The van der Waals surface area contributed by atoms with Gasteiger partial charge < -0.3 is 15.5 Å². The molecular weight excluding hydrogens is 450 g/mol. The number of aromatic nitrogens is 1. The lowest BCUT2D eigenvalue weighted by atomic mass is 9.63. The summed E-state index contributed by atoms with van der Waals surface area (Å²) in [6, 6.07) is 7.59. The van der Waals surface area contributed by atoms with Crippen molar-refractivity contribution in [2.75, 3.05) is 5.32 Å². The van der Waals surface area contributed by atoms with E-state index in [4.69, 9.17) is 0 Å². The van der Waals surface area contributed by atoms with Gasteiger partial charge in [0.2, 0.25) is 0 Å². The van der Waals surface area contributed by atoms with E-state index in [0.29, 0.717) is 22.2 Å². The SMILES string of the molecule is Cc1ccc2c(NC3c4cc(C#N)c(F)c(O)c4C(C)(C)CC3(O)C(F)(F)F)c(C)ccc2n1. The first-order valence-electron chi connectivity index (χ1n) is 10.6. The van der Waals surface area contributed by atoms with Gasteiger partial charge in [0.05, 0.1) is 17.1 Å². The molecule has 5 nitrogen and oxygen atoms in total. The number of phenolic OH excluding ortho intramolecular Hbond substituents is 1. The first-order valence-corrected chi connectivity index (χ1v) is 10.6. The Labute approximate surface area is 193 Å². The Morgan fingerprint density at radius 2 is 1.85 bits per heavy atom. The number of halogens is 4. The number of nitrogens with one attached hydrogen (secondary N) is 1. The summed E-state index contributed by atoms with van der Waals surface area (Å²) >= 11 is 0. The highest BCUT2D eigenvalue weighted by Gasteiger charge is 2.64. The summed E-state index contributed by atoms with van der Waals surface area (Å²) < 4.78 is 58.0. The molecule has 2 aromatic carbocycles. The Balaban J connectivity index is 2.04. The lowest BCUT2D eigenvalue weighted by Crippen LogP contribution is -2.58. The lowest BCUT2D eigenvalue weighted by Gasteiger charge is -2.49. The topological polar surface area (TPSA) is 89.2 Å². The molecule has 34 heavy (non-hydrogen) atoms. The molecule has 2 unspecified atom stereocenters. The predicted octanol–water partition coefficient (Wildman–Crippen LogP) is 5.70. The van der Waals surface area contributed by atoms with E-state index in [1.165, 1.54) is 13.8 Å². The maximum absolute atomic E-state index is 14.6. The summed E-state index contributed by atoms with van der Waals surface area (Å²) in [6.45, 7) is 6.26. The van der Waals surface area contributed by atoms with Crippen LogP contribution in [0.4, 0.5) is 23.2 Å². The number of nitrogens with zero attached hydrogens (tertiary/aromatic N) is 2. The van der Waals surface area contributed by atoms with E-state index in [1.807, 2.05) is 0 Å². The zero-order valence-electron chi connectivity index (χ0n) is 19.0. The Kier molecular flexibility index (Phi) is 5.29. The van der Waals surface area contributed by atoms with E-state index in [9.17, 15) is 33.0 Å². The monoisotopic (exact) mass is 473 g/mol. The standard InChI is InChI=1S/C25H23F4N3O2/c1-12-5-8-17-15(7-6-13(2)31-17)20(12)32-22-16-9-14(10-30)19(26)21(33)18(16)23(3,4)11-24(22,34)25(27,28)29/h5-9,22,32-34H,11H2,1-4H3. The summed E-state index contributed by atoms with van der Waals surface area (Å²) in [4.78, 5) is 4.42.